The number of pyridine rings is 1. The van der Waals surface area contributed by atoms with Crippen LogP contribution in [-0.4, -0.2) is 26.2 Å². The molecule has 1 atom stereocenters. The Morgan fingerprint density at radius 2 is 1.90 bits per heavy atom. The third-order valence-electron chi connectivity index (χ3n) is 3.16. The molecule has 0 aliphatic heterocycles. The second kappa shape index (κ2) is 6.32. The Bertz CT molecular complexity index is 715. The summed E-state index contributed by atoms with van der Waals surface area (Å²) in [6.07, 6.45) is 3.87. The van der Waals surface area contributed by atoms with Gasteiger partial charge in [-0.25, -0.2) is 12.8 Å². The van der Waals surface area contributed by atoms with Crippen LogP contribution in [0, 0.1) is 5.82 Å². The zero-order valence-corrected chi connectivity index (χ0v) is 12.7. The van der Waals surface area contributed by atoms with Gasteiger partial charge in [0.15, 0.2) is 9.84 Å². The number of aromatic nitrogens is 1. The van der Waals surface area contributed by atoms with Gasteiger partial charge in [0.1, 0.15) is 5.82 Å². The van der Waals surface area contributed by atoms with Crippen molar-refractivity contribution in [3.63, 3.8) is 0 Å². The first-order valence-electron chi connectivity index (χ1n) is 6.56. The van der Waals surface area contributed by atoms with Crippen LogP contribution in [0.1, 0.15) is 24.1 Å². The Labute approximate surface area is 124 Å². The molecule has 1 N–H and O–H groups in total. The van der Waals surface area contributed by atoms with E-state index in [-0.39, 0.29) is 10.9 Å². The van der Waals surface area contributed by atoms with Gasteiger partial charge >= 0.3 is 0 Å². The van der Waals surface area contributed by atoms with Crippen molar-refractivity contribution in [1.29, 1.82) is 0 Å². The largest absolute Gasteiger partial charge is 0.306 e. The maximum atomic E-state index is 13.9. The van der Waals surface area contributed by atoms with E-state index in [9.17, 15) is 12.8 Å². The van der Waals surface area contributed by atoms with Gasteiger partial charge in [0.05, 0.1) is 17.1 Å². The summed E-state index contributed by atoms with van der Waals surface area (Å²) in [6.45, 7) is 2.58. The summed E-state index contributed by atoms with van der Waals surface area (Å²) in [5.41, 5.74) is 1.29. The minimum atomic E-state index is -3.23. The summed E-state index contributed by atoms with van der Waals surface area (Å²) in [5.74, 6) is -0.393. The third-order valence-corrected chi connectivity index (χ3v) is 4.29. The molecule has 112 valence electrons. The number of hydrogen-bond donors (Lipinski definition) is 1. The molecule has 0 amide bonds. The predicted molar refractivity (Wildman–Crippen MR) is 79.3 cm³/mol. The van der Waals surface area contributed by atoms with Crippen LogP contribution >= 0.6 is 0 Å². The highest BCUT2D eigenvalue weighted by molar-refractivity contribution is 7.90. The highest BCUT2D eigenvalue weighted by Gasteiger charge is 2.17. The van der Waals surface area contributed by atoms with Crippen molar-refractivity contribution in [2.24, 2.45) is 0 Å². The Kier molecular flexibility index (Phi) is 4.69. The summed E-state index contributed by atoms with van der Waals surface area (Å²) in [5, 5.41) is 3.20. The summed E-state index contributed by atoms with van der Waals surface area (Å²) < 4.78 is 36.9. The van der Waals surface area contributed by atoms with Gasteiger partial charge in [-0.3, -0.25) is 4.98 Å². The van der Waals surface area contributed by atoms with Crippen LogP contribution in [0.15, 0.2) is 47.6 Å². The van der Waals surface area contributed by atoms with E-state index in [0.717, 1.165) is 11.8 Å². The van der Waals surface area contributed by atoms with Gasteiger partial charge in [-0.2, -0.15) is 0 Å². The van der Waals surface area contributed by atoms with Crippen LogP contribution in [-0.2, 0) is 9.84 Å². The minimum absolute atomic E-state index is 0.247. The van der Waals surface area contributed by atoms with E-state index in [2.05, 4.69) is 10.3 Å². The molecule has 1 heterocycles. The first-order chi connectivity index (χ1) is 9.93. The van der Waals surface area contributed by atoms with E-state index in [0.29, 0.717) is 12.1 Å². The number of hydrogen-bond acceptors (Lipinski definition) is 4. The Balaban J connectivity index is 2.42. The lowest BCUT2D eigenvalue weighted by atomic mass is 9.99. The fourth-order valence-electron chi connectivity index (χ4n) is 2.14. The van der Waals surface area contributed by atoms with Crippen LogP contribution in [0.2, 0.25) is 0 Å². The number of nitrogens with one attached hydrogen (secondary N) is 1. The van der Waals surface area contributed by atoms with Crippen LogP contribution < -0.4 is 5.32 Å². The predicted octanol–water partition coefficient (Wildman–Crippen LogP) is 2.32. The van der Waals surface area contributed by atoms with Gasteiger partial charge in [0, 0.05) is 18.0 Å². The monoisotopic (exact) mass is 308 g/mol. The van der Waals surface area contributed by atoms with Gasteiger partial charge < -0.3 is 5.32 Å². The van der Waals surface area contributed by atoms with Gasteiger partial charge in [-0.05, 0) is 30.3 Å². The standard InChI is InChI=1S/C15H17FN2O2S/c1-3-18-15(13-8-9-17-10-14(13)16)11-4-6-12(7-5-11)21(2,19)20/h4-10,15,18H,3H2,1-2H3. The number of benzene rings is 1. The van der Waals surface area contributed by atoms with Crippen LogP contribution in [0.3, 0.4) is 0 Å². The van der Waals surface area contributed by atoms with E-state index in [1.54, 1.807) is 18.2 Å². The van der Waals surface area contributed by atoms with E-state index >= 15 is 0 Å². The smallest absolute Gasteiger partial charge is 0.175 e. The minimum Gasteiger partial charge on any atom is -0.306 e. The fourth-order valence-corrected chi connectivity index (χ4v) is 2.77. The van der Waals surface area contributed by atoms with E-state index in [1.807, 2.05) is 6.92 Å². The van der Waals surface area contributed by atoms with E-state index in [1.165, 1.54) is 24.5 Å². The molecule has 0 saturated carbocycles. The topological polar surface area (TPSA) is 59.1 Å². The quantitative estimate of drug-likeness (QED) is 0.921. The lowest BCUT2D eigenvalue weighted by molar-refractivity contribution is 0.554. The zero-order valence-electron chi connectivity index (χ0n) is 11.9. The highest BCUT2D eigenvalue weighted by Crippen LogP contribution is 2.25. The molecule has 0 fully saturated rings. The molecule has 4 nitrogen and oxygen atoms in total. The molecule has 0 bridgehead atoms. The zero-order chi connectivity index (χ0) is 15.5. The van der Waals surface area contributed by atoms with Crippen LogP contribution in [0.25, 0.3) is 0 Å². The molecule has 21 heavy (non-hydrogen) atoms. The highest BCUT2D eigenvalue weighted by atomic mass is 32.2. The molecule has 0 radical (unpaired) electrons. The number of halogens is 1. The molecule has 0 aliphatic carbocycles. The van der Waals surface area contributed by atoms with Crippen molar-refractivity contribution in [3.8, 4) is 0 Å². The van der Waals surface area contributed by atoms with Crippen molar-refractivity contribution in [2.45, 2.75) is 17.9 Å². The molecular weight excluding hydrogens is 291 g/mol. The molecular formula is C15H17FN2O2S. The second-order valence-electron chi connectivity index (χ2n) is 4.73. The van der Waals surface area contributed by atoms with Gasteiger partial charge in [-0.1, -0.05) is 19.1 Å². The maximum absolute atomic E-state index is 13.9. The molecule has 1 aromatic carbocycles. The molecule has 0 aliphatic rings. The van der Waals surface area contributed by atoms with Crippen molar-refractivity contribution >= 4 is 9.84 Å². The van der Waals surface area contributed by atoms with Crippen LogP contribution in [0.5, 0.6) is 0 Å². The van der Waals surface area contributed by atoms with Gasteiger partial charge in [0.2, 0.25) is 0 Å². The maximum Gasteiger partial charge on any atom is 0.175 e. The first-order valence-corrected chi connectivity index (χ1v) is 8.45. The molecule has 1 aromatic heterocycles. The average Bonchev–Trinajstić information content (AvgIpc) is 2.45. The summed E-state index contributed by atoms with van der Waals surface area (Å²) in [6, 6.07) is 7.74. The Morgan fingerprint density at radius 3 is 2.43 bits per heavy atom. The summed E-state index contributed by atoms with van der Waals surface area (Å²) in [7, 11) is -3.23. The van der Waals surface area contributed by atoms with Gasteiger partial charge in [-0.15, -0.1) is 0 Å². The number of nitrogens with zero attached hydrogens (tertiary/aromatic N) is 1. The molecule has 1 unspecified atom stereocenters. The number of sulfone groups is 1. The normalized spacial score (nSPS) is 13.1. The number of rotatable bonds is 5. The Hall–Kier alpha value is -1.79. The fraction of sp³-hybridized carbons (Fsp3) is 0.267. The molecule has 0 saturated heterocycles. The second-order valence-corrected chi connectivity index (χ2v) is 6.74. The average molecular weight is 308 g/mol. The Morgan fingerprint density at radius 1 is 1.24 bits per heavy atom. The first kappa shape index (κ1) is 15.6. The molecule has 2 rings (SSSR count). The molecule has 0 spiro atoms. The summed E-state index contributed by atoms with van der Waals surface area (Å²) >= 11 is 0. The van der Waals surface area contributed by atoms with Gasteiger partial charge in [0.25, 0.3) is 0 Å². The van der Waals surface area contributed by atoms with E-state index in [4.69, 9.17) is 0 Å². The SMILES string of the molecule is CCNC(c1ccc(S(C)(=O)=O)cc1)c1ccncc1F. The van der Waals surface area contributed by atoms with E-state index < -0.39 is 15.7 Å². The summed E-state index contributed by atoms with van der Waals surface area (Å²) in [4.78, 5) is 3.99. The van der Waals surface area contributed by atoms with Crippen molar-refractivity contribution in [2.75, 3.05) is 12.8 Å². The third kappa shape index (κ3) is 3.65. The lowest BCUT2D eigenvalue weighted by Gasteiger charge is -2.19. The van der Waals surface area contributed by atoms with Crippen molar-refractivity contribution < 1.29 is 12.8 Å². The van der Waals surface area contributed by atoms with Crippen molar-refractivity contribution in [1.82, 2.24) is 10.3 Å². The lowest BCUT2D eigenvalue weighted by Crippen LogP contribution is -2.23. The molecule has 2 aromatic rings. The van der Waals surface area contributed by atoms with Crippen LogP contribution in [0.4, 0.5) is 4.39 Å². The van der Waals surface area contributed by atoms with Crippen molar-refractivity contribution in [3.05, 3.63) is 59.7 Å². The molecule has 6 heteroatoms.